The molecular formula is C24H25ClN2O. The van der Waals surface area contributed by atoms with Gasteiger partial charge in [-0.15, -0.1) is 18.2 Å². The number of halogens is 1. The van der Waals surface area contributed by atoms with Gasteiger partial charge in [0.05, 0.1) is 6.54 Å². The Balaban J connectivity index is 1.78. The predicted molar refractivity (Wildman–Crippen MR) is 115 cm³/mol. The Hall–Kier alpha value is -2.78. The maximum Gasteiger partial charge on any atom is 0.245 e. The van der Waals surface area contributed by atoms with Gasteiger partial charge in [-0.2, -0.15) is 0 Å². The Bertz CT molecular complexity index is 933. The maximum absolute atomic E-state index is 13.0. The van der Waals surface area contributed by atoms with Crippen molar-refractivity contribution in [3.63, 3.8) is 0 Å². The van der Waals surface area contributed by atoms with E-state index in [-0.39, 0.29) is 5.91 Å². The van der Waals surface area contributed by atoms with Gasteiger partial charge in [0, 0.05) is 25.0 Å². The first-order valence-corrected chi connectivity index (χ1v) is 9.81. The van der Waals surface area contributed by atoms with Crippen LogP contribution in [0.3, 0.4) is 0 Å². The first-order valence-electron chi connectivity index (χ1n) is 9.37. The highest BCUT2D eigenvalue weighted by Gasteiger charge is 2.24. The van der Waals surface area contributed by atoms with Crippen LogP contribution in [0.25, 0.3) is 0 Å². The molecule has 0 bridgehead atoms. The molecule has 1 heterocycles. The summed E-state index contributed by atoms with van der Waals surface area (Å²) in [5.41, 5.74) is 4.39. The first-order chi connectivity index (χ1) is 13.6. The smallest absolute Gasteiger partial charge is 0.245 e. The van der Waals surface area contributed by atoms with Crippen LogP contribution >= 0.6 is 11.6 Å². The third kappa shape index (κ3) is 4.73. The Morgan fingerprint density at radius 2 is 1.82 bits per heavy atom. The number of carbonyl (C=O) groups excluding carboxylic acids is 1. The molecule has 0 N–H and O–H groups in total. The zero-order chi connectivity index (χ0) is 19.9. The fourth-order valence-corrected chi connectivity index (χ4v) is 3.51. The van der Waals surface area contributed by atoms with E-state index in [1.165, 1.54) is 11.1 Å². The van der Waals surface area contributed by atoms with E-state index in [1.54, 1.807) is 11.0 Å². The van der Waals surface area contributed by atoms with E-state index in [2.05, 4.69) is 36.3 Å². The molecule has 1 atom stereocenters. The van der Waals surface area contributed by atoms with E-state index >= 15 is 0 Å². The lowest BCUT2D eigenvalue weighted by Crippen LogP contribution is -2.34. The van der Waals surface area contributed by atoms with E-state index in [9.17, 15) is 4.79 Å². The largest absolute Gasteiger partial charge is 0.345 e. The minimum absolute atomic E-state index is 0.114. The number of benzene rings is 2. The Labute approximate surface area is 171 Å². The monoisotopic (exact) mass is 392 g/mol. The Kier molecular flexibility index (Phi) is 6.72. The van der Waals surface area contributed by atoms with Crippen molar-refractivity contribution in [2.45, 2.75) is 25.4 Å². The van der Waals surface area contributed by atoms with Gasteiger partial charge in [-0.25, -0.2) is 0 Å². The molecule has 0 spiro atoms. The van der Waals surface area contributed by atoms with Crippen molar-refractivity contribution in [1.82, 2.24) is 9.47 Å². The summed E-state index contributed by atoms with van der Waals surface area (Å²) in [6, 6.07) is 21.9. The van der Waals surface area contributed by atoms with Gasteiger partial charge in [-0.05, 0) is 35.7 Å². The van der Waals surface area contributed by atoms with Gasteiger partial charge in [-0.1, -0.05) is 60.7 Å². The van der Waals surface area contributed by atoms with Crippen molar-refractivity contribution in [1.29, 1.82) is 0 Å². The van der Waals surface area contributed by atoms with Crippen LogP contribution in [0.4, 0.5) is 0 Å². The molecule has 0 saturated heterocycles. The van der Waals surface area contributed by atoms with E-state index in [0.29, 0.717) is 13.1 Å². The summed E-state index contributed by atoms with van der Waals surface area (Å²) >= 11 is 6.49. The van der Waals surface area contributed by atoms with Crippen molar-refractivity contribution in [3.8, 4) is 0 Å². The molecule has 0 aliphatic heterocycles. The van der Waals surface area contributed by atoms with E-state index in [4.69, 9.17) is 11.6 Å². The number of rotatable bonds is 8. The van der Waals surface area contributed by atoms with E-state index in [0.717, 1.165) is 17.8 Å². The van der Waals surface area contributed by atoms with Crippen LogP contribution in [0.2, 0.25) is 0 Å². The second-order valence-electron chi connectivity index (χ2n) is 6.83. The van der Waals surface area contributed by atoms with E-state index < -0.39 is 5.38 Å². The molecule has 0 saturated carbocycles. The topological polar surface area (TPSA) is 25.2 Å². The minimum atomic E-state index is -0.707. The molecule has 1 unspecified atom stereocenters. The second kappa shape index (κ2) is 9.43. The van der Waals surface area contributed by atoms with Gasteiger partial charge in [0.1, 0.15) is 5.38 Å². The third-order valence-electron chi connectivity index (χ3n) is 4.85. The van der Waals surface area contributed by atoms with Crippen molar-refractivity contribution in [2.24, 2.45) is 0 Å². The van der Waals surface area contributed by atoms with Crippen LogP contribution in [0.15, 0.2) is 85.6 Å². The SMILES string of the molecule is C=CCN(Cc1cccn1Cc1ccccc1C)C(=O)C(Cl)c1ccccc1. The molecule has 2 aromatic carbocycles. The van der Waals surface area contributed by atoms with Crippen molar-refractivity contribution in [2.75, 3.05) is 6.54 Å². The summed E-state index contributed by atoms with van der Waals surface area (Å²) < 4.78 is 2.18. The zero-order valence-corrected chi connectivity index (χ0v) is 16.8. The molecule has 0 radical (unpaired) electrons. The lowest BCUT2D eigenvalue weighted by molar-refractivity contribution is -0.131. The normalized spacial score (nSPS) is 11.8. The highest BCUT2D eigenvalue weighted by Crippen LogP contribution is 2.24. The average molecular weight is 393 g/mol. The molecule has 0 aliphatic rings. The second-order valence-corrected chi connectivity index (χ2v) is 7.27. The molecule has 28 heavy (non-hydrogen) atoms. The van der Waals surface area contributed by atoms with Gasteiger partial charge in [0.15, 0.2) is 0 Å². The summed E-state index contributed by atoms with van der Waals surface area (Å²) in [6.45, 7) is 7.62. The van der Waals surface area contributed by atoms with Crippen LogP contribution in [-0.2, 0) is 17.9 Å². The highest BCUT2D eigenvalue weighted by molar-refractivity contribution is 6.30. The molecule has 3 nitrogen and oxygen atoms in total. The molecule has 0 aliphatic carbocycles. The summed E-state index contributed by atoms with van der Waals surface area (Å²) in [7, 11) is 0. The molecule has 144 valence electrons. The number of hydrogen-bond donors (Lipinski definition) is 0. The van der Waals surface area contributed by atoms with Crippen LogP contribution in [-0.4, -0.2) is 21.9 Å². The number of amides is 1. The fraction of sp³-hybridized carbons (Fsp3) is 0.208. The quantitative estimate of drug-likeness (QED) is 0.375. The number of alkyl halides is 1. The van der Waals surface area contributed by atoms with Crippen LogP contribution < -0.4 is 0 Å². The molecular weight excluding hydrogens is 368 g/mol. The number of hydrogen-bond acceptors (Lipinski definition) is 1. The van der Waals surface area contributed by atoms with Gasteiger partial charge in [-0.3, -0.25) is 4.79 Å². The molecule has 0 fully saturated rings. The van der Waals surface area contributed by atoms with Gasteiger partial charge < -0.3 is 9.47 Å². The molecule has 3 rings (SSSR count). The molecule has 3 aromatic rings. The van der Waals surface area contributed by atoms with Crippen LogP contribution in [0, 0.1) is 6.92 Å². The van der Waals surface area contributed by atoms with E-state index in [1.807, 2.05) is 54.7 Å². The number of carbonyl (C=O) groups is 1. The highest BCUT2D eigenvalue weighted by atomic mass is 35.5. The number of aromatic nitrogens is 1. The molecule has 4 heteroatoms. The van der Waals surface area contributed by atoms with Gasteiger partial charge >= 0.3 is 0 Å². The van der Waals surface area contributed by atoms with Crippen LogP contribution in [0.1, 0.15) is 27.8 Å². The van der Waals surface area contributed by atoms with Crippen molar-refractivity contribution < 1.29 is 4.79 Å². The van der Waals surface area contributed by atoms with Crippen molar-refractivity contribution in [3.05, 3.63) is 108 Å². The fourth-order valence-electron chi connectivity index (χ4n) is 3.23. The summed E-state index contributed by atoms with van der Waals surface area (Å²) in [5, 5.41) is -0.707. The number of aryl methyl sites for hydroxylation is 1. The van der Waals surface area contributed by atoms with Gasteiger partial charge in [0.25, 0.3) is 0 Å². The molecule has 1 amide bonds. The lowest BCUT2D eigenvalue weighted by atomic mass is 10.1. The third-order valence-corrected chi connectivity index (χ3v) is 5.29. The standard InChI is InChI=1S/C24H25ClN2O/c1-3-15-27(24(28)23(25)20-11-5-4-6-12-20)18-22-14-9-16-26(22)17-21-13-8-7-10-19(21)2/h3-14,16,23H,1,15,17-18H2,2H3. The average Bonchev–Trinajstić information content (AvgIpc) is 3.15. The predicted octanol–water partition coefficient (Wildman–Crippen LogP) is 5.34. The summed E-state index contributed by atoms with van der Waals surface area (Å²) in [5.74, 6) is -0.114. The van der Waals surface area contributed by atoms with Crippen molar-refractivity contribution >= 4 is 17.5 Å². The summed E-state index contributed by atoms with van der Waals surface area (Å²) in [4.78, 5) is 14.8. The Morgan fingerprint density at radius 1 is 1.11 bits per heavy atom. The van der Waals surface area contributed by atoms with Gasteiger partial charge in [0.2, 0.25) is 5.91 Å². The maximum atomic E-state index is 13.0. The molecule has 1 aromatic heterocycles. The lowest BCUT2D eigenvalue weighted by Gasteiger charge is -2.25. The van der Waals surface area contributed by atoms with Crippen LogP contribution in [0.5, 0.6) is 0 Å². The summed E-state index contributed by atoms with van der Waals surface area (Å²) in [6.07, 6.45) is 3.79. The zero-order valence-electron chi connectivity index (χ0n) is 16.1. The first kappa shape index (κ1) is 20.0. The Morgan fingerprint density at radius 3 is 2.54 bits per heavy atom. The minimum Gasteiger partial charge on any atom is -0.345 e. The number of nitrogens with zero attached hydrogens (tertiary/aromatic N) is 2.